The molecule has 1 atom stereocenters. The smallest absolute Gasteiger partial charge is 0.217 e. The summed E-state index contributed by atoms with van der Waals surface area (Å²) in [6.45, 7) is 1.59. The van der Waals surface area contributed by atoms with Crippen LogP contribution in [-0.4, -0.2) is 30.9 Å². The third-order valence-corrected chi connectivity index (χ3v) is 2.68. The summed E-state index contributed by atoms with van der Waals surface area (Å²) >= 11 is 0. The van der Waals surface area contributed by atoms with E-state index in [0.717, 1.165) is 5.56 Å². The van der Waals surface area contributed by atoms with E-state index >= 15 is 0 Å². The Hall–Kier alpha value is -1.02. The predicted octanol–water partition coefficient (Wildman–Crippen LogP) is 1.14. The van der Waals surface area contributed by atoms with Crippen molar-refractivity contribution in [2.24, 2.45) is 0 Å². The van der Waals surface area contributed by atoms with Crippen molar-refractivity contribution in [3.05, 3.63) is 35.9 Å². The molecule has 0 saturated carbocycles. The number of ketones is 1. The molecule has 0 fully saturated rings. The van der Waals surface area contributed by atoms with Crippen molar-refractivity contribution in [3.8, 4) is 12.3 Å². The van der Waals surface area contributed by atoms with E-state index in [2.05, 4.69) is 17.3 Å². The number of ether oxygens (including phenoxy) is 1. The average Bonchev–Trinajstić information content (AvgIpc) is 2.44. The second-order valence-corrected chi connectivity index (χ2v) is 4.35. The van der Waals surface area contributed by atoms with Crippen molar-refractivity contribution in [2.45, 2.75) is 25.8 Å². The fourth-order valence-electron chi connectivity index (χ4n) is 1.73. The first-order chi connectivity index (χ1) is 9.63. The number of carbonyl (C=O) groups excluding carboxylic acids is 2. The number of carbonyl (C=O) groups is 2. The minimum atomic E-state index is -0.642. The number of nitrogens with one attached hydrogen (secondary N) is 1. The number of hydrogen-bond acceptors (Lipinski definition) is 3. The summed E-state index contributed by atoms with van der Waals surface area (Å²) in [7, 11) is 0. The van der Waals surface area contributed by atoms with Crippen LogP contribution in [0, 0.1) is 18.4 Å². The Bertz CT molecular complexity index is 482. The summed E-state index contributed by atoms with van der Waals surface area (Å²) in [6, 6.07) is 9.72. The zero-order valence-corrected chi connectivity index (χ0v) is 14.9. The summed E-state index contributed by atoms with van der Waals surface area (Å²) < 4.78 is 5.14. The normalized spacial score (nSPS) is 10.9. The summed E-state index contributed by atoms with van der Waals surface area (Å²) in [5, 5.41) is 2.59. The first-order valence-electron chi connectivity index (χ1n) is 6.39. The van der Waals surface area contributed by atoms with Crippen molar-refractivity contribution in [1.82, 2.24) is 5.32 Å². The van der Waals surface area contributed by atoms with E-state index in [0.29, 0.717) is 12.8 Å². The van der Waals surface area contributed by atoms with Gasteiger partial charge in [0.2, 0.25) is 5.91 Å². The number of terminal acetylenes is 1. The topological polar surface area (TPSA) is 55.4 Å². The molecule has 21 heavy (non-hydrogen) atoms. The molecule has 4 nitrogen and oxygen atoms in total. The van der Waals surface area contributed by atoms with E-state index in [4.69, 9.17) is 11.2 Å². The van der Waals surface area contributed by atoms with Crippen LogP contribution in [0.2, 0.25) is 0 Å². The van der Waals surface area contributed by atoms with Gasteiger partial charge in [0.05, 0.1) is 6.61 Å². The van der Waals surface area contributed by atoms with Crippen LogP contribution in [-0.2, 0) is 53.5 Å². The van der Waals surface area contributed by atoms with Gasteiger partial charge in [0.25, 0.3) is 0 Å². The molecule has 0 aliphatic carbocycles. The van der Waals surface area contributed by atoms with Crippen LogP contribution in [0.15, 0.2) is 24.3 Å². The molecule has 1 unspecified atom stereocenters. The molecule has 1 aromatic rings. The van der Waals surface area contributed by atoms with E-state index in [1.165, 1.54) is 6.92 Å². The molecule has 1 aromatic carbocycles. The first-order valence-corrected chi connectivity index (χ1v) is 6.39. The molecule has 0 aromatic heterocycles. The Morgan fingerprint density at radius 3 is 2.67 bits per heavy atom. The Morgan fingerprint density at radius 1 is 1.43 bits per heavy atom. The van der Waals surface area contributed by atoms with Gasteiger partial charge in [-0.2, -0.15) is 35.9 Å². The first kappa shape index (κ1) is 20.0. The van der Waals surface area contributed by atoms with Gasteiger partial charge in [0.15, 0.2) is 5.78 Å². The minimum absolute atomic E-state index is 0. The molecule has 1 amide bonds. The van der Waals surface area contributed by atoms with Crippen LogP contribution in [0.5, 0.6) is 0 Å². The number of rotatable bonds is 8. The zero-order chi connectivity index (χ0) is 14.8. The molecule has 0 bridgehead atoms. The number of hydrogen-bond donors (Lipinski definition) is 1. The molecule has 0 saturated heterocycles. The van der Waals surface area contributed by atoms with Gasteiger partial charge in [0.1, 0.15) is 12.6 Å². The average molecular weight is 361 g/mol. The quantitative estimate of drug-likeness (QED) is 0.429. The number of Topliss-reactive ketones (excluding diaryl/α,β-unsaturated/α-hetero) is 1. The van der Waals surface area contributed by atoms with Crippen LogP contribution in [0.1, 0.15) is 18.9 Å². The Kier molecular flexibility index (Phi) is 11.1. The fourth-order valence-corrected chi connectivity index (χ4v) is 1.73. The van der Waals surface area contributed by atoms with Crippen molar-refractivity contribution < 1.29 is 47.0 Å². The van der Waals surface area contributed by atoms with Crippen LogP contribution >= 0.6 is 0 Å². The van der Waals surface area contributed by atoms with Crippen LogP contribution in [0.3, 0.4) is 0 Å². The monoisotopic (exact) mass is 361 g/mol. The van der Waals surface area contributed by atoms with Crippen LogP contribution < -0.4 is 5.32 Å². The summed E-state index contributed by atoms with van der Waals surface area (Å²) in [5.41, 5.74) is 1.06. The maximum atomic E-state index is 12.1. The second-order valence-electron chi connectivity index (χ2n) is 4.35. The molecule has 5 heteroatoms. The molecular formula is C16H18NO3Y-. The van der Waals surface area contributed by atoms with Gasteiger partial charge in [0, 0.05) is 46.1 Å². The van der Waals surface area contributed by atoms with E-state index in [1.807, 2.05) is 12.1 Å². The van der Waals surface area contributed by atoms with Crippen molar-refractivity contribution in [2.75, 3.05) is 13.2 Å². The van der Waals surface area contributed by atoms with Gasteiger partial charge >= 0.3 is 0 Å². The minimum Gasteiger partial charge on any atom is -0.366 e. The maximum Gasteiger partial charge on any atom is 0.217 e. The van der Waals surface area contributed by atoms with E-state index in [-0.39, 0.29) is 57.6 Å². The van der Waals surface area contributed by atoms with Crippen molar-refractivity contribution in [3.63, 3.8) is 0 Å². The largest absolute Gasteiger partial charge is 0.366 e. The fraction of sp³-hybridized carbons (Fsp3) is 0.375. The third kappa shape index (κ3) is 8.77. The second kappa shape index (κ2) is 11.6. The molecule has 1 rings (SSSR count). The standard InChI is InChI=1S/C16H18NO3.Y/c1-3-11-20-12-15(17-13(2)18)16(19)10-9-14-7-5-4-6-8-14;/h1,5-8,15H,9-12H2,2H3,(H,17,18);/q-1;. The molecule has 0 aliphatic rings. The molecule has 0 aliphatic heterocycles. The van der Waals surface area contributed by atoms with Crippen LogP contribution in [0.4, 0.5) is 0 Å². The Morgan fingerprint density at radius 2 is 2.10 bits per heavy atom. The molecule has 0 heterocycles. The Labute approximate surface area is 150 Å². The molecule has 0 spiro atoms. The molecule has 1 radical (unpaired) electrons. The van der Waals surface area contributed by atoms with Gasteiger partial charge in [-0.3, -0.25) is 9.59 Å². The maximum absolute atomic E-state index is 12.1. The summed E-state index contributed by atoms with van der Waals surface area (Å²) in [5.74, 6) is 2.00. The SMILES string of the molecule is C#CCOCC(NC(C)=O)C(=O)CCc1cc[c-]cc1.[Y]. The number of benzene rings is 1. The molecular weight excluding hydrogens is 343 g/mol. The van der Waals surface area contributed by atoms with E-state index < -0.39 is 6.04 Å². The van der Waals surface area contributed by atoms with E-state index in [9.17, 15) is 9.59 Å². The number of amides is 1. The zero-order valence-electron chi connectivity index (χ0n) is 12.1. The molecule has 1 N–H and O–H groups in total. The third-order valence-electron chi connectivity index (χ3n) is 2.68. The number of aryl methyl sites for hydroxylation is 1. The Balaban J connectivity index is 0.00000400. The van der Waals surface area contributed by atoms with E-state index in [1.54, 1.807) is 12.1 Å². The van der Waals surface area contributed by atoms with Gasteiger partial charge in [-0.25, -0.2) is 0 Å². The van der Waals surface area contributed by atoms with Gasteiger partial charge in [-0.05, 0) is 6.42 Å². The van der Waals surface area contributed by atoms with Gasteiger partial charge < -0.3 is 10.1 Å². The van der Waals surface area contributed by atoms with Gasteiger partial charge in [-0.15, -0.1) is 6.42 Å². The summed E-state index contributed by atoms with van der Waals surface area (Å²) in [6.07, 6.45) is 6.04. The van der Waals surface area contributed by atoms with Crippen molar-refractivity contribution in [1.29, 1.82) is 0 Å². The van der Waals surface area contributed by atoms with Gasteiger partial charge in [-0.1, -0.05) is 5.92 Å². The predicted molar refractivity (Wildman–Crippen MR) is 75.9 cm³/mol. The molecule has 109 valence electrons. The van der Waals surface area contributed by atoms with Crippen molar-refractivity contribution >= 4 is 11.7 Å². The summed E-state index contributed by atoms with van der Waals surface area (Å²) in [4.78, 5) is 23.2. The van der Waals surface area contributed by atoms with Crippen LogP contribution in [0.25, 0.3) is 0 Å².